The molecule has 17 heavy (non-hydrogen) atoms. The first-order valence-electron chi connectivity index (χ1n) is 5.88. The lowest BCUT2D eigenvalue weighted by Gasteiger charge is -2.17. The Morgan fingerprint density at radius 1 is 1.24 bits per heavy atom. The van der Waals surface area contributed by atoms with Crippen molar-refractivity contribution >= 4 is 5.97 Å². The van der Waals surface area contributed by atoms with Crippen molar-refractivity contribution in [2.75, 3.05) is 13.7 Å². The quantitative estimate of drug-likeness (QED) is 0.712. The molecule has 3 heteroatoms. The van der Waals surface area contributed by atoms with E-state index in [0.717, 1.165) is 6.42 Å². The van der Waals surface area contributed by atoms with E-state index in [1.54, 1.807) is 0 Å². The fourth-order valence-corrected chi connectivity index (χ4v) is 1.64. The molecule has 0 bridgehead atoms. The van der Waals surface area contributed by atoms with Gasteiger partial charge in [0.05, 0.1) is 6.61 Å². The van der Waals surface area contributed by atoms with Crippen LogP contribution in [0.4, 0.5) is 0 Å². The fourth-order valence-electron chi connectivity index (χ4n) is 1.64. The molecule has 1 aromatic rings. The number of carbonyl (C=O) groups excluding carboxylic acids is 1. The monoisotopic (exact) mass is 236 g/mol. The van der Waals surface area contributed by atoms with E-state index in [4.69, 9.17) is 9.47 Å². The average Bonchev–Trinajstić information content (AvgIpc) is 2.30. The second-order valence-electron chi connectivity index (χ2n) is 4.30. The summed E-state index contributed by atoms with van der Waals surface area (Å²) in [5.41, 5.74) is 1.17. The van der Waals surface area contributed by atoms with Crippen molar-refractivity contribution < 1.29 is 14.3 Å². The third-order valence-electron chi connectivity index (χ3n) is 2.57. The molecule has 0 aromatic heterocycles. The third kappa shape index (κ3) is 4.57. The summed E-state index contributed by atoms with van der Waals surface area (Å²) in [7, 11) is 1.53. The fraction of sp³-hybridized carbons (Fsp3) is 0.500. The molecule has 0 heterocycles. The van der Waals surface area contributed by atoms with E-state index in [1.165, 1.54) is 12.7 Å². The predicted molar refractivity (Wildman–Crippen MR) is 66.7 cm³/mol. The minimum atomic E-state index is -0.467. The molecule has 0 aliphatic carbocycles. The molecule has 0 saturated carbocycles. The van der Waals surface area contributed by atoms with Gasteiger partial charge in [-0.15, -0.1) is 0 Å². The highest BCUT2D eigenvalue weighted by atomic mass is 16.6. The molecule has 0 aliphatic heterocycles. The highest BCUT2D eigenvalue weighted by Gasteiger charge is 2.22. The van der Waals surface area contributed by atoms with Crippen molar-refractivity contribution in [3.8, 4) is 0 Å². The van der Waals surface area contributed by atoms with Gasteiger partial charge in [0.25, 0.3) is 0 Å². The molecule has 0 fully saturated rings. The van der Waals surface area contributed by atoms with Crippen LogP contribution >= 0.6 is 0 Å². The maximum Gasteiger partial charge on any atom is 0.335 e. The zero-order valence-corrected chi connectivity index (χ0v) is 10.7. The number of ether oxygens (including phenoxy) is 2. The second kappa shape index (κ2) is 7.07. The van der Waals surface area contributed by atoms with Crippen LogP contribution < -0.4 is 0 Å². The lowest BCUT2D eigenvalue weighted by Crippen LogP contribution is -2.30. The number of esters is 1. The average molecular weight is 236 g/mol. The van der Waals surface area contributed by atoms with Crippen LogP contribution in [-0.2, 0) is 20.7 Å². The Kier molecular flexibility index (Phi) is 5.70. The van der Waals surface area contributed by atoms with Gasteiger partial charge in [-0.3, -0.25) is 0 Å². The number of methoxy groups -OCH3 is 1. The molecular weight excluding hydrogens is 216 g/mol. The van der Waals surface area contributed by atoms with Gasteiger partial charge in [-0.1, -0.05) is 44.2 Å². The number of carbonyl (C=O) groups is 1. The normalized spacial score (nSPS) is 12.5. The predicted octanol–water partition coefficient (Wildman–Crippen LogP) is 2.44. The number of rotatable bonds is 6. The second-order valence-corrected chi connectivity index (χ2v) is 4.30. The molecule has 3 nitrogen and oxygen atoms in total. The van der Waals surface area contributed by atoms with Crippen LogP contribution in [0, 0.1) is 5.92 Å². The topological polar surface area (TPSA) is 35.5 Å². The summed E-state index contributed by atoms with van der Waals surface area (Å²) in [6, 6.07) is 9.95. The molecule has 0 aliphatic rings. The molecule has 1 unspecified atom stereocenters. The Morgan fingerprint density at radius 2 is 1.88 bits per heavy atom. The zero-order valence-electron chi connectivity index (χ0n) is 10.7. The van der Waals surface area contributed by atoms with Gasteiger partial charge in [0.15, 0.2) is 6.10 Å². The Labute approximate surface area is 103 Å². The van der Waals surface area contributed by atoms with E-state index in [2.05, 4.69) is 0 Å². The maximum atomic E-state index is 11.7. The summed E-state index contributed by atoms with van der Waals surface area (Å²) >= 11 is 0. The number of benzene rings is 1. The van der Waals surface area contributed by atoms with Crippen LogP contribution in [0.5, 0.6) is 0 Å². The van der Waals surface area contributed by atoms with Crippen LogP contribution in [0.2, 0.25) is 0 Å². The first kappa shape index (κ1) is 13.7. The molecule has 0 N–H and O–H groups in total. The molecule has 1 atom stereocenters. The van der Waals surface area contributed by atoms with Crippen molar-refractivity contribution in [3.05, 3.63) is 35.9 Å². The van der Waals surface area contributed by atoms with Crippen LogP contribution in [0.15, 0.2) is 30.3 Å². The largest absolute Gasteiger partial charge is 0.463 e. The highest BCUT2D eigenvalue weighted by molar-refractivity contribution is 5.74. The molecule has 0 amide bonds. The minimum absolute atomic E-state index is 0.129. The van der Waals surface area contributed by atoms with E-state index < -0.39 is 6.10 Å². The number of hydrogen-bond acceptors (Lipinski definition) is 3. The van der Waals surface area contributed by atoms with E-state index in [9.17, 15) is 4.79 Å². The lowest BCUT2D eigenvalue weighted by molar-refractivity contribution is -0.157. The summed E-state index contributed by atoms with van der Waals surface area (Å²) < 4.78 is 10.3. The summed E-state index contributed by atoms with van der Waals surface area (Å²) in [6.07, 6.45) is 0.270. The highest BCUT2D eigenvalue weighted by Crippen LogP contribution is 2.08. The number of hydrogen-bond donors (Lipinski definition) is 0. The van der Waals surface area contributed by atoms with Crippen LogP contribution in [-0.4, -0.2) is 25.8 Å². The van der Waals surface area contributed by atoms with Gasteiger partial charge in [-0.05, 0) is 11.5 Å². The van der Waals surface area contributed by atoms with Gasteiger partial charge in [-0.2, -0.15) is 0 Å². The van der Waals surface area contributed by atoms with E-state index in [-0.39, 0.29) is 11.9 Å². The van der Waals surface area contributed by atoms with E-state index >= 15 is 0 Å². The summed E-state index contributed by atoms with van der Waals surface area (Å²) in [6.45, 7) is 4.27. The smallest absolute Gasteiger partial charge is 0.335 e. The van der Waals surface area contributed by atoms with E-state index in [1.807, 2.05) is 44.2 Å². The first-order chi connectivity index (χ1) is 8.15. The summed E-state index contributed by atoms with van der Waals surface area (Å²) in [5, 5.41) is 0. The summed E-state index contributed by atoms with van der Waals surface area (Å²) in [5.74, 6) is -0.150. The molecule has 0 spiro atoms. The van der Waals surface area contributed by atoms with Crippen LogP contribution in [0.1, 0.15) is 19.4 Å². The van der Waals surface area contributed by atoms with Gasteiger partial charge in [0.2, 0.25) is 0 Å². The minimum Gasteiger partial charge on any atom is -0.463 e. The van der Waals surface area contributed by atoms with Gasteiger partial charge in [0.1, 0.15) is 0 Å². The van der Waals surface area contributed by atoms with Gasteiger partial charge >= 0.3 is 5.97 Å². The van der Waals surface area contributed by atoms with E-state index in [0.29, 0.717) is 6.61 Å². The molecule has 1 aromatic carbocycles. The Balaban J connectivity index is 2.33. The Bertz CT molecular complexity index is 333. The third-order valence-corrected chi connectivity index (χ3v) is 2.57. The van der Waals surface area contributed by atoms with Crippen molar-refractivity contribution in [1.29, 1.82) is 0 Å². The molecule has 94 valence electrons. The molecule has 1 rings (SSSR count). The van der Waals surface area contributed by atoms with Crippen molar-refractivity contribution in [3.63, 3.8) is 0 Å². The standard InChI is InChI=1S/C14H20O3/c1-11(2)13(16-3)14(15)17-10-9-12-7-5-4-6-8-12/h4-8,11,13H,9-10H2,1-3H3. The lowest BCUT2D eigenvalue weighted by atomic mass is 10.1. The van der Waals surface area contributed by atoms with Gasteiger partial charge < -0.3 is 9.47 Å². The van der Waals surface area contributed by atoms with Gasteiger partial charge in [-0.25, -0.2) is 4.79 Å². The first-order valence-corrected chi connectivity index (χ1v) is 5.88. The van der Waals surface area contributed by atoms with Gasteiger partial charge in [0, 0.05) is 13.5 Å². The molecule has 0 saturated heterocycles. The van der Waals surface area contributed by atoms with Crippen LogP contribution in [0.25, 0.3) is 0 Å². The maximum absolute atomic E-state index is 11.7. The Morgan fingerprint density at radius 3 is 2.41 bits per heavy atom. The summed E-state index contributed by atoms with van der Waals surface area (Å²) in [4.78, 5) is 11.7. The van der Waals surface area contributed by atoms with Crippen LogP contribution in [0.3, 0.4) is 0 Å². The molecular formula is C14H20O3. The van der Waals surface area contributed by atoms with Crippen molar-refractivity contribution in [2.24, 2.45) is 5.92 Å². The Hall–Kier alpha value is -1.35. The van der Waals surface area contributed by atoms with Crippen molar-refractivity contribution in [2.45, 2.75) is 26.4 Å². The molecule has 0 radical (unpaired) electrons. The zero-order chi connectivity index (χ0) is 12.7. The SMILES string of the molecule is COC(C(=O)OCCc1ccccc1)C(C)C. The van der Waals surface area contributed by atoms with Crippen molar-refractivity contribution in [1.82, 2.24) is 0 Å².